The van der Waals surface area contributed by atoms with E-state index in [1.165, 1.54) is 16.8 Å². The van der Waals surface area contributed by atoms with Gasteiger partial charge in [0.1, 0.15) is 5.69 Å². The van der Waals surface area contributed by atoms with Crippen LogP contribution in [0.2, 0.25) is 0 Å². The second kappa shape index (κ2) is 7.80. The lowest BCUT2D eigenvalue weighted by Gasteiger charge is -2.36. The Hall–Kier alpha value is -2.60. The smallest absolute Gasteiger partial charge is 0.272 e. The van der Waals surface area contributed by atoms with Gasteiger partial charge in [-0.1, -0.05) is 45.8 Å². The van der Waals surface area contributed by atoms with E-state index in [-0.39, 0.29) is 5.91 Å². The molecule has 28 heavy (non-hydrogen) atoms. The number of nitrogens with zero attached hydrogens (tertiary/aromatic N) is 3. The summed E-state index contributed by atoms with van der Waals surface area (Å²) in [6.07, 6.45) is 0. The molecule has 2 heterocycles. The van der Waals surface area contributed by atoms with Gasteiger partial charge < -0.3 is 9.80 Å². The molecule has 1 aliphatic heterocycles. The van der Waals surface area contributed by atoms with Crippen molar-refractivity contribution in [2.75, 3.05) is 31.1 Å². The van der Waals surface area contributed by atoms with Crippen molar-refractivity contribution in [2.24, 2.45) is 0 Å². The van der Waals surface area contributed by atoms with E-state index in [0.29, 0.717) is 18.8 Å². The Labute approximate surface area is 173 Å². The Morgan fingerprint density at radius 1 is 1.00 bits per heavy atom. The highest BCUT2D eigenvalue weighted by Gasteiger charge is 2.24. The van der Waals surface area contributed by atoms with E-state index in [1.807, 2.05) is 35.2 Å². The molecular weight excluding hydrogens is 416 g/mol. The normalized spacial score (nSPS) is 14.4. The van der Waals surface area contributed by atoms with Crippen LogP contribution in [0.15, 0.2) is 53.0 Å². The lowest BCUT2D eigenvalue weighted by Crippen LogP contribution is -2.49. The molecule has 2 aromatic carbocycles. The zero-order chi connectivity index (χ0) is 19.7. The van der Waals surface area contributed by atoms with Crippen molar-refractivity contribution in [1.82, 2.24) is 15.1 Å². The molecule has 0 spiro atoms. The fraction of sp³-hybridized carbons (Fsp3) is 0.273. The third-order valence-electron chi connectivity index (χ3n) is 5.21. The Morgan fingerprint density at radius 2 is 1.71 bits per heavy atom. The van der Waals surface area contributed by atoms with Gasteiger partial charge in [0.05, 0.1) is 5.69 Å². The highest BCUT2D eigenvalue weighted by molar-refractivity contribution is 9.10. The highest BCUT2D eigenvalue weighted by atomic mass is 79.9. The van der Waals surface area contributed by atoms with Crippen LogP contribution >= 0.6 is 15.9 Å². The van der Waals surface area contributed by atoms with E-state index < -0.39 is 0 Å². The molecule has 1 aromatic heterocycles. The number of carbonyl (C=O) groups is 1. The van der Waals surface area contributed by atoms with Crippen molar-refractivity contribution in [3.8, 4) is 11.3 Å². The molecule has 4 rings (SSSR count). The number of halogens is 1. The fourth-order valence-electron chi connectivity index (χ4n) is 3.68. The second-order valence-electron chi connectivity index (χ2n) is 7.24. The average molecular weight is 439 g/mol. The minimum Gasteiger partial charge on any atom is -0.368 e. The SMILES string of the molecule is Cc1ccc(N2CCN(C(=O)c3cc(-c4ccc(Br)cc4)n[nH]3)CC2)c(C)c1. The van der Waals surface area contributed by atoms with Crippen LogP contribution in [0.25, 0.3) is 11.3 Å². The summed E-state index contributed by atoms with van der Waals surface area (Å²) in [5.74, 6) is 0.0103. The van der Waals surface area contributed by atoms with Gasteiger partial charge in [0.15, 0.2) is 0 Å². The number of anilines is 1. The van der Waals surface area contributed by atoms with Crippen molar-refractivity contribution >= 4 is 27.5 Å². The summed E-state index contributed by atoms with van der Waals surface area (Å²) in [7, 11) is 0. The van der Waals surface area contributed by atoms with Gasteiger partial charge in [-0.2, -0.15) is 5.10 Å². The van der Waals surface area contributed by atoms with Crippen LogP contribution < -0.4 is 4.90 Å². The van der Waals surface area contributed by atoms with E-state index in [4.69, 9.17) is 0 Å². The molecule has 1 N–H and O–H groups in total. The van der Waals surface area contributed by atoms with Crippen molar-refractivity contribution in [3.63, 3.8) is 0 Å². The molecule has 0 unspecified atom stereocenters. The number of piperazine rings is 1. The number of rotatable bonds is 3. The van der Waals surface area contributed by atoms with Gasteiger partial charge in [-0.05, 0) is 43.7 Å². The van der Waals surface area contributed by atoms with Crippen molar-refractivity contribution in [1.29, 1.82) is 0 Å². The predicted octanol–water partition coefficient (Wildman–Crippen LogP) is 4.42. The Bertz CT molecular complexity index is 988. The molecule has 3 aromatic rings. The summed E-state index contributed by atoms with van der Waals surface area (Å²) in [5, 5.41) is 7.22. The molecule has 0 aliphatic carbocycles. The van der Waals surface area contributed by atoms with E-state index in [9.17, 15) is 4.79 Å². The highest BCUT2D eigenvalue weighted by Crippen LogP contribution is 2.24. The van der Waals surface area contributed by atoms with Gasteiger partial charge in [-0.15, -0.1) is 0 Å². The number of amides is 1. The third kappa shape index (κ3) is 3.83. The van der Waals surface area contributed by atoms with Crippen LogP contribution in [0.3, 0.4) is 0 Å². The van der Waals surface area contributed by atoms with E-state index in [1.54, 1.807) is 0 Å². The first-order chi connectivity index (χ1) is 13.5. The Balaban J connectivity index is 1.42. The Morgan fingerprint density at radius 3 is 2.39 bits per heavy atom. The zero-order valence-corrected chi connectivity index (χ0v) is 17.7. The van der Waals surface area contributed by atoms with Crippen LogP contribution in [0.4, 0.5) is 5.69 Å². The average Bonchev–Trinajstić information content (AvgIpc) is 3.18. The van der Waals surface area contributed by atoms with Crippen molar-refractivity contribution < 1.29 is 4.79 Å². The monoisotopic (exact) mass is 438 g/mol. The summed E-state index contributed by atoms with van der Waals surface area (Å²) >= 11 is 3.44. The molecule has 1 amide bonds. The number of H-pyrrole nitrogens is 1. The van der Waals surface area contributed by atoms with Crippen LogP contribution in [-0.4, -0.2) is 47.2 Å². The van der Waals surface area contributed by atoms with Crippen molar-refractivity contribution in [2.45, 2.75) is 13.8 Å². The zero-order valence-electron chi connectivity index (χ0n) is 16.1. The maximum Gasteiger partial charge on any atom is 0.272 e. The second-order valence-corrected chi connectivity index (χ2v) is 8.16. The molecule has 5 nitrogen and oxygen atoms in total. The van der Waals surface area contributed by atoms with Crippen LogP contribution in [-0.2, 0) is 0 Å². The van der Waals surface area contributed by atoms with Gasteiger partial charge >= 0.3 is 0 Å². The van der Waals surface area contributed by atoms with Crippen LogP contribution in [0.1, 0.15) is 21.6 Å². The number of nitrogens with one attached hydrogen (secondary N) is 1. The third-order valence-corrected chi connectivity index (χ3v) is 5.74. The summed E-state index contributed by atoms with van der Waals surface area (Å²) in [5.41, 5.74) is 6.13. The standard InChI is InChI=1S/C22H23BrN4O/c1-15-3-8-21(16(2)13-15)26-9-11-27(12-10-26)22(28)20-14-19(24-25-20)17-4-6-18(23)7-5-17/h3-8,13-14H,9-12H2,1-2H3,(H,24,25). The maximum atomic E-state index is 12.9. The number of aromatic amines is 1. The number of benzene rings is 2. The fourth-order valence-corrected chi connectivity index (χ4v) is 3.95. The molecule has 0 radical (unpaired) electrons. The van der Waals surface area contributed by atoms with Crippen LogP contribution in [0, 0.1) is 13.8 Å². The van der Waals surface area contributed by atoms with E-state index in [0.717, 1.165) is 28.8 Å². The summed E-state index contributed by atoms with van der Waals surface area (Å²) < 4.78 is 1.02. The lowest BCUT2D eigenvalue weighted by molar-refractivity contribution is 0.0741. The number of hydrogen-bond donors (Lipinski definition) is 1. The van der Waals surface area contributed by atoms with Gasteiger partial charge in [0, 0.05) is 41.9 Å². The number of carbonyl (C=O) groups excluding carboxylic acids is 1. The van der Waals surface area contributed by atoms with Crippen molar-refractivity contribution in [3.05, 3.63) is 69.8 Å². The largest absolute Gasteiger partial charge is 0.368 e. The van der Waals surface area contributed by atoms with Gasteiger partial charge in [0.2, 0.25) is 0 Å². The molecule has 144 valence electrons. The molecule has 6 heteroatoms. The van der Waals surface area contributed by atoms with E-state index >= 15 is 0 Å². The number of hydrogen-bond acceptors (Lipinski definition) is 3. The molecule has 1 saturated heterocycles. The van der Waals surface area contributed by atoms with Gasteiger partial charge in [-0.25, -0.2) is 0 Å². The predicted molar refractivity (Wildman–Crippen MR) is 116 cm³/mol. The summed E-state index contributed by atoms with van der Waals surface area (Å²) in [6.45, 7) is 7.35. The topological polar surface area (TPSA) is 52.2 Å². The first kappa shape index (κ1) is 18.7. The molecule has 0 saturated carbocycles. The molecule has 0 bridgehead atoms. The van der Waals surface area contributed by atoms with Gasteiger partial charge in [0.25, 0.3) is 5.91 Å². The molecule has 0 atom stereocenters. The quantitative estimate of drug-likeness (QED) is 0.658. The Kier molecular flexibility index (Phi) is 5.22. The minimum absolute atomic E-state index is 0.0103. The summed E-state index contributed by atoms with van der Waals surface area (Å²) in [6, 6.07) is 16.3. The number of aryl methyl sites for hydroxylation is 2. The number of aromatic nitrogens is 2. The van der Waals surface area contributed by atoms with Gasteiger partial charge in [-0.3, -0.25) is 9.89 Å². The molecular formula is C22H23BrN4O. The first-order valence-electron chi connectivity index (χ1n) is 9.44. The van der Waals surface area contributed by atoms with Crippen LogP contribution in [0.5, 0.6) is 0 Å². The molecule has 1 aliphatic rings. The minimum atomic E-state index is 0.0103. The summed E-state index contributed by atoms with van der Waals surface area (Å²) in [4.78, 5) is 17.1. The maximum absolute atomic E-state index is 12.9. The van der Waals surface area contributed by atoms with E-state index in [2.05, 4.69) is 63.1 Å². The molecule has 1 fully saturated rings. The lowest BCUT2D eigenvalue weighted by atomic mass is 10.1. The first-order valence-corrected chi connectivity index (χ1v) is 10.2.